The lowest BCUT2D eigenvalue weighted by atomic mass is 10.2. The predicted molar refractivity (Wildman–Crippen MR) is 104 cm³/mol. The number of hydrogen-bond acceptors (Lipinski definition) is 6. The molecule has 0 spiro atoms. The van der Waals surface area contributed by atoms with Gasteiger partial charge in [0.05, 0.1) is 5.39 Å². The summed E-state index contributed by atoms with van der Waals surface area (Å²) in [6, 6.07) is 11.1. The first kappa shape index (κ1) is 20.6. The molecule has 0 fully saturated rings. The molecule has 0 saturated carbocycles. The first-order valence-electron chi connectivity index (χ1n) is 8.32. The van der Waals surface area contributed by atoms with E-state index in [1.807, 2.05) is 31.1 Å². The number of nitrogens with one attached hydrogen (secondary N) is 2. The van der Waals surface area contributed by atoms with Gasteiger partial charge in [-0.15, -0.1) is 0 Å². The second kappa shape index (κ2) is 8.52. The smallest absolute Gasteiger partial charge is 0.422 e. The molecule has 2 amide bonds. The maximum Gasteiger partial charge on any atom is 0.422 e. The van der Waals surface area contributed by atoms with Gasteiger partial charge in [-0.1, -0.05) is 11.2 Å². The molecule has 0 aliphatic heterocycles. The number of benzene rings is 2. The molecule has 154 valence electrons. The molecule has 0 bridgehead atoms. The van der Waals surface area contributed by atoms with Crippen molar-refractivity contribution in [1.29, 1.82) is 0 Å². The highest BCUT2D eigenvalue weighted by Gasteiger charge is 2.29. The molecule has 0 saturated heterocycles. The van der Waals surface area contributed by atoms with E-state index in [9.17, 15) is 18.0 Å². The van der Waals surface area contributed by atoms with Crippen molar-refractivity contribution < 1.29 is 27.2 Å². The van der Waals surface area contributed by atoms with Gasteiger partial charge in [-0.05, 0) is 36.4 Å². The lowest BCUT2D eigenvalue weighted by Crippen LogP contribution is -2.22. The summed E-state index contributed by atoms with van der Waals surface area (Å²) in [7, 11) is 3.81. The number of carbonyl (C=O) groups is 1. The average Bonchev–Trinajstić information content (AvgIpc) is 3.08. The zero-order chi connectivity index (χ0) is 21.0. The number of fused-ring (bicyclic) bond motifs is 1. The van der Waals surface area contributed by atoms with E-state index in [4.69, 9.17) is 9.26 Å². The molecule has 29 heavy (non-hydrogen) atoms. The van der Waals surface area contributed by atoms with E-state index in [0.29, 0.717) is 5.69 Å². The van der Waals surface area contributed by atoms with Crippen LogP contribution in [0.15, 0.2) is 52.0 Å². The molecule has 11 heteroatoms. The van der Waals surface area contributed by atoms with E-state index < -0.39 is 18.8 Å². The van der Waals surface area contributed by atoms with Crippen LogP contribution in [0, 0.1) is 0 Å². The number of carbonyl (C=O) groups excluding carboxylic acids is 1. The van der Waals surface area contributed by atoms with Crippen LogP contribution in [-0.2, 0) is 0 Å². The van der Waals surface area contributed by atoms with Crippen LogP contribution in [0.3, 0.4) is 0 Å². The van der Waals surface area contributed by atoms with Crippen LogP contribution >= 0.6 is 11.9 Å². The predicted octanol–water partition coefficient (Wildman–Crippen LogP) is 4.66. The average molecular weight is 426 g/mol. The Labute approximate surface area is 168 Å². The van der Waals surface area contributed by atoms with E-state index >= 15 is 0 Å². The molecule has 1 aromatic heterocycles. The molecular weight excluding hydrogens is 409 g/mol. The standard InChI is InChI=1S/C18H17F3N4O3S/c1-25(2)12-8-6-11(7-9-12)22-17(26)24-29-16-15-13(27-10-18(19,20)21)4-3-5-14(15)28-23-16/h3-9H,10H2,1-2H3,(H2,22,24,26). The number of halogens is 3. The van der Waals surface area contributed by atoms with Crippen molar-refractivity contribution in [3.05, 3.63) is 42.5 Å². The van der Waals surface area contributed by atoms with Crippen molar-refractivity contribution in [1.82, 2.24) is 9.88 Å². The Morgan fingerprint density at radius 2 is 1.93 bits per heavy atom. The second-order valence-corrected chi connectivity index (χ2v) is 6.92. The summed E-state index contributed by atoms with van der Waals surface area (Å²) in [5.74, 6) is -0.0370. The number of amides is 2. The number of alkyl halides is 3. The third-order valence-electron chi connectivity index (χ3n) is 3.70. The van der Waals surface area contributed by atoms with Crippen molar-refractivity contribution in [2.24, 2.45) is 0 Å². The SMILES string of the molecule is CN(C)c1ccc(NC(=O)NSc2noc3cccc(OCC(F)(F)F)c23)cc1. The summed E-state index contributed by atoms with van der Waals surface area (Å²) in [5.41, 5.74) is 1.80. The van der Waals surface area contributed by atoms with Crippen molar-refractivity contribution in [2.75, 3.05) is 30.9 Å². The van der Waals surface area contributed by atoms with Crippen LogP contribution in [0.2, 0.25) is 0 Å². The molecule has 0 radical (unpaired) electrons. The molecule has 0 unspecified atom stereocenters. The molecule has 2 aromatic carbocycles. The summed E-state index contributed by atoms with van der Waals surface area (Å²) in [6.45, 7) is -1.45. The van der Waals surface area contributed by atoms with Gasteiger partial charge in [0, 0.05) is 37.4 Å². The van der Waals surface area contributed by atoms with Crippen molar-refractivity contribution in [2.45, 2.75) is 11.2 Å². The quantitative estimate of drug-likeness (QED) is 0.558. The molecule has 2 N–H and O–H groups in total. The van der Waals surface area contributed by atoms with Crippen molar-refractivity contribution in [3.8, 4) is 5.75 Å². The van der Waals surface area contributed by atoms with E-state index in [1.165, 1.54) is 12.1 Å². The lowest BCUT2D eigenvalue weighted by molar-refractivity contribution is -0.153. The maximum absolute atomic E-state index is 12.5. The largest absolute Gasteiger partial charge is 0.483 e. The molecular formula is C18H17F3N4O3S. The summed E-state index contributed by atoms with van der Waals surface area (Å²) in [4.78, 5) is 14.0. The third-order valence-corrected chi connectivity index (χ3v) is 4.46. The van der Waals surface area contributed by atoms with E-state index in [-0.39, 0.29) is 21.7 Å². The van der Waals surface area contributed by atoms with E-state index in [1.54, 1.807) is 18.2 Å². The van der Waals surface area contributed by atoms with Crippen LogP contribution in [0.25, 0.3) is 11.0 Å². The van der Waals surface area contributed by atoms with Crippen molar-refractivity contribution >= 4 is 40.3 Å². The molecule has 3 aromatic rings. The summed E-state index contributed by atoms with van der Waals surface area (Å²) in [6.07, 6.45) is -4.48. The molecule has 0 atom stereocenters. The zero-order valence-electron chi connectivity index (χ0n) is 15.4. The van der Waals surface area contributed by atoms with Crippen molar-refractivity contribution in [3.63, 3.8) is 0 Å². The molecule has 0 aliphatic rings. The Bertz CT molecular complexity index is 990. The summed E-state index contributed by atoms with van der Waals surface area (Å²) >= 11 is 0.803. The highest BCUT2D eigenvalue weighted by molar-refractivity contribution is 7.98. The number of ether oxygens (including phenoxy) is 1. The normalized spacial score (nSPS) is 11.3. The van der Waals surface area contributed by atoms with Crippen LogP contribution in [-0.4, -0.2) is 38.1 Å². The minimum atomic E-state index is -4.48. The molecule has 7 nitrogen and oxygen atoms in total. The van der Waals surface area contributed by atoms with E-state index in [2.05, 4.69) is 15.2 Å². The highest BCUT2D eigenvalue weighted by atomic mass is 32.2. The number of urea groups is 1. The van der Waals surface area contributed by atoms with Gasteiger partial charge in [0.15, 0.2) is 17.2 Å². The first-order valence-corrected chi connectivity index (χ1v) is 9.14. The molecule has 0 aliphatic carbocycles. The van der Waals surface area contributed by atoms with Gasteiger partial charge in [-0.3, -0.25) is 4.72 Å². The minimum Gasteiger partial charge on any atom is -0.483 e. The van der Waals surface area contributed by atoms with E-state index in [0.717, 1.165) is 17.6 Å². The Morgan fingerprint density at radius 1 is 1.21 bits per heavy atom. The van der Waals surface area contributed by atoms with Gasteiger partial charge in [-0.25, -0.2) is 4.79 Å². The fourth-order valence-corrected chi connectivity index (χ4v) is 3.00. The number of anilines is 2. The molecule has 3 rings (SSSR count). The van der Waals surface area contributed by atoms with Gasteiger partial charge in [0.1, 0.15) is 5.75 Å². The van der Waals surface area contributed by atoms with Gasteiger partial charge >= 0.3 is 12.2 Å². The fraction of sp³-hybridized carbons (Fsp3) is 0.222. The number of rotatable bonds is 6. The summed E-state index contributed by atoms with van der Waals surface area (Å²) < 4.78 is 49.8. The number of hydrogen-bond donors (Lipinski definition) is 2. The Kier molecular flexibility index (Phi) is 6.06. The van der Waals surface area contributed by atoms with Crippen LogP contribution in [0.1, 0.15) is 0 Å². The first-order chi connectivity index (χ1) is 13.7. The van der Waals surface area contributed by atoms with Gasteiger partial charge < -0.3 is 19.5 Å². The topological polar surface area (TPSA) is 79.6 Å². The van der Waals surface area contributed by atoms with Gasteiger partial charge in [0.2, 0.25) is 0 Å². The monoisotopic (exact) mass is 426 g/mol. The number of aromatic nitrogens is 1. The number of nitrogens with zero attached hydrogens (tertiary/aromatic N) is 2. The highest BCUT2D eigenvalue weighted by Crippen LogP contribution is 2.34. The van der Waals surface area contributed by atoms with Gasteiger partial charge in [0.25, 0.3) is 0 Å². The lowest BCUT2D eigenvalue weighted by Gasteiger charge is -2.13. The van der Waals surface area contributed by atoms with Crippen LogP contribution < -0.4 is 19.7 Å². The Balaban J connectivity index is 1.66. The third kappa shape index (κ3) is 5.47. The zero-order valence-corrected chi connectivity index (χ0v) is 16.2. The second-order valence-electron chi connectivity index (χ2n) is 6.12. The maximum atomic E-state index is 12.5. The fourth-order valence-electron chi connectivity index (χ4n) is 2.38. The van der Waals surface area contributed by atoms with Crippen LogP contribution in [0.4, 0.5) is 29.3 Å². The Morgan fingerprint density at radius 3 is 2.59 bits per heavy atom. The van der Waals surface area contributed by atoms with Crippen LogP contribution in [0.5, 0.6) is 5.75 Å². The summed E-state index contributed by atoms with van der Waals surface area (Å²) in [5, 5.41) is 6.86. The van der Waals surface area contributed by atoms with Gasteiger partial charge in [-0.2, -0.15) is 13.2 Å². The molecule has 1 heterocycles. The minimum absolute atomic E-state index is 0.0370. The Hall–Kier alpha value is -3.08.